The Hall–Kier alpha value is -8.53. The normalized spacial score (nSPS) is 36.1. The Morgan fingerprint density at radius 1 is 0.623 bits per heavy atom. The van der Waals surface area contributed by atoms with Crippen LogP contribution in [0.5, 0.6) is 69.0 Å². The van der Waals surface area contributed by atoms with Gasteiger partial charge in [-0.15, -0.1) is 0 Å². The minimum absolute atomic E-state index is 0.357. The van der Waals surface area contributed by atoms with Gasteiger partial charge in [-0.1, -0.05) is 0 Å². The monoisotopic (exact) mass is 1080 g/mol. The Morgan fingerprint density at radius 2 is 1.18 bits per heavy atom. The number of hydrogen-bond acceptors (Lipinski definition) is 31. The van der Waals surface area contributed by atoms with Crippen molar-refractivity contribution >= 4 is 29.8 Å². The second-order valence-corrected chi connectivity index (χ2v) is 19.1. The van der Waals surface area contributed by atoms with Gasteiger partial charge in [-0.25, -0.2) is 19.2 Å². The average molecular weight is 1080 g/mol. The minimum atomic E-state index is -3.81. The van der Waals surface area contributed by atoms with E-state index < -0.39 is 241 Å². The van der Waals surface area contributed by atoms with Gasteiger partial charge in [-0.2, -0.15) is 0 Å². The molecule has 77 heavy (non-hydrogen) atoms. The van der Waals surface area contributed by atoms with Crippen LogP contribution >= 0.6 is 0 Å². The van der Waals surface area contributed by atoms with Gasteiger partial charge < -0.3 is 129 Å². The maximum Gasteiger partial charge on any atom is 0.340 e. The van der Waals surface area contributed by atoms with E-state index in [2.05, 4.69) is 0 Å². The number of aliphatic hydroxyl groups is 5. The molecule has 12 rings (SSSR count). The summed E-state index contributed by atoms with van der Waals surface area (Å²) in [6.07, 6.45) is -21.0. The molecule has 16 N–H and O–H groups in total. The number of aromatic hydroxyl groups is 11. The lowest BCUT2D eigenvalue weighted by atomic mass is 9.53. The summed E-state index contributed by atoms with van der Waals surface area (Å²) in [5.74, 6) is -41.2. The zero-order valence-electron chi connectivity index (χ0n) is 38.0. The van der Waals surface area contributed by atoms with Crippen LogP contribution in [0.4, 0.5) is 0 Å². The molecule has 4 aromatic rings. The third-order valence-electron chi connectivity index (χ3n) is 15.0. The maximum absolute atomic E-state index is 15.9. The zero-order chi connectivity index (χ0) is 55.3. The number of esters is 5. The van der Waals surface area contributed by atoms with E-state index in [0.717, 1.165) is 0 Å². The zero-order valence-corrected chi connectivity index (χ0v) is 38.0. The molecule has 406 valence electrons. The molecule has 14 atom stereocenters. The maximum atomic E-state index is 15.9. The van der Waals surface area contributed by atoms with E-state index in [1.165, 1.54) is 0 Å². The van der Waals surface area contributed by atoms with Crippen molar-refractivity contribution in [2.24, 2.45) is 5.41 Å². The molecule has 0 aromatic heterocycles. The van der Waals surface area contributed by atoms with Crippen LogP contribution in [0.1, 0.15) is 59.3 Å². The first kappa shape index (κ1) is 49.4. The van der Waals surface area contributed by atoms with Crippen molar-refractivity contribution in [1.82, 2.24) is 0 Å². The molecule has 0 radical (unpaired) electrons. The van der Waals surface area contributed by atoms with E-state index in [-0.39, 0.29) is 0 Å². The average Bonchev–Trinajstić information content (AvgIpc) is 2.35. The molecule has 31 heteroatoms. The Morgan fingerprint density at radius 3 is 1.79 bits per heavy atom. The third kappa shape index (κ3) is 6.06. The van der Waals surface area contributed by atoms with Crippen molar-refractivity contribution in [2.75, 3.05) is 13.2 Å². The smallest absolute Gasteiger partial charge is 0.340 e. The van der Waals surface area contributed by atoms with Crippen molar-refractivity contribution in [3.8, 4) is 80.1 Å². The number of benzene rings is 4. The predicted molar refractivity (Wildman–Crippen MR) is 228 cm³/mol. The highest BCUT2D eigenvalue weighted by Crippen LogP contribution is 2.77. The molecule has 31 nitrogen and oxygen atoms in total. The number of ether oxygens (including phenoxy) is 10. The molecule has 1 saturated carbocycles. The molecule has 9 unspecified atom stereocenters. The molecular weight excluding hydrogens is 1050 g/mol. The van der Waals surface area contributed by atoms with E-state index in [9.17, 15) is 96.1 Å². The number of carbonyl (C=O) groups is 5. The van der Waals surface area contributed by atoms with Gasteiger partial charge >= 0.3 is 35.6 Å². The molecule has 9 bridgehead atoms. The second kappa shape index (κ2) is 15.5. The van der Waals surface area contributed by atoms with Gasteiger partial charge in [-0.3, -0.25) is 4.79 Å². The van der Waals surface area contributed by atoms with Crippen LogP contribution < -0.4 is 4.74 Å². The highest BCUT2D eigenvalue weighted by molar-refractivity contribution is 6.08. The van der Waals surface area contributed by atoms with Gasteiger partial charge in [0.25, 0.3) is 0 Å². The number of phenols is 11. The van der Waals surface area contributed by atoms with Gasteiger partial charge in [0.05, 0.1) is 34.8 Å². The second-order valence-electron chi connectivity index (χ2n) is 19.1. The first-order chi connectivity index (χ1) is 36.1. The number of fused-ring (bicyclic) bond motifs is 6. The molecular formula is C46H36O31. The van der Waals surface area contributed by atoms with Gasteiger partial charge in [0, 0.05) is 23.1 Å². The van der Waals surface area contributed by atoms with Crippen molar-refractivity contribution < 1.29 is 153 Å². The van der Waals surface area contributed by atoms with E-state index in [4.69, 9.17) is 47.4 Å². The highest BCUT2D eigenvalue weighted by Gasteiger charge is 2.95. The van der Waals surface area contributed by atoms with Crippen LogP contribution in [0.3, 0.4) is 0 Å². The fourth-order valence-electron chi connectivity index (χ4n) is 11.6. The molecule has 4 saturated heterocycles. The number of rotatable bonds is 2. The van der Waals surface area contributed by atoms with Crippen molar-refractivity contribution in [2.45, 2.75) is 84.5 Å². The summed E-state index contributed by atoms with van der Waals surface area (Å²) in [6.45, 7) is -2.24. The molecule has 5 fully saturated rings. The molecule has 7 aliphatic heterocycles. The summed E-state index contributed by atoms with van der Waals surface area (Å²) in [4.78, 5) is 74.4. The Bertz CT molecular complexity index is 3370. The quantitative estimate of drug-likeness (QED) is 0.0554. The van der Waals surface area contributed by atoms with Gasteiger partial charge in [0.2, 0.25) is 47.0 Å². The van der Waals surface area contributed by atoms with Crippen LogP contribution in [0, 0.1) is 5.41 Å². The van der Waals surface area contributed by atoms with Gasteiger partial charge in [-0.05, 0) is 30.3 Å². The van der Waals surface area contributed by atoms with E-state index in [0.29, 0.717) is 30.3 Å². The van der Waals surface area contributed by atoms with Crippen molar-refractivity contribution in [3.63, 3.8) is 0 Å². The van der Waals surface area contributed by atoms with Gasteiger partial charge in [0.15, 0.2) is 64.0 Å². The van der Waals surface area contributed by atoms with Gasteiger partial charge in [0.1, 0.15) is 36.4 Å². The summed E-state index contributed by atoms with van der Waals surface area (Å²) < 4.78 is 58.2. The lowest BCUT2D eigenvalue weighted by Crippen LogP contribution is -2.83. The Labute approximate surface area is 423 Å². The van der Waals surface area contributed by atoms with Crippen LogP contribution in [-0.4, -0.2) is 197 Å². The molecule has 1 aliphatic carbocycles. The molecule has 7 heterocycles. The number of cyclic esters (lactones) is 1. The third-order valence-corrected chi connectivity index (χ3v) is 15.0. The standard InChI is InChI=1S/C46H36O31/c47-13-1-9(2-14(48)23(13)53)35(60)74-39-32-31-29(19(70-39)7-68-36(61)10-3-15(49)24(54)27(57)20(10)21-11(37(62)71-31)4-16(50)25(55)28(21)58)73-41(64)42-8-43(65)46(67)45(66,76-40(42)44(77-43)34(59)18(52)6-69-44)33(42)22-12(38(63)72-32)5-17(51)26(56)30(22)75-46/h1-5,18-19,29,31-34,39-40,47-59,65-67H,6-8H2/t18?,19-,29-,31+,32-,33?,34?,39+,40?,42?,43?,44?,45?,46?/m1/s1. The molecule has 4 aromatic carbocycles. The largest absolute Gasteiger partial charge is 0.504 e. The molecule has 8 aliphatic rings. The van der Waals surface area contributed by atoms with Crippen molar-refractivity contribution in [3.05, 3.63) is 58.1 Å². The number of aliphatic hydroxyl groups excluding tert-OH is 2. The topological polar surface area (TPSA) is 501 Å². The fourth-order valence-corrected chi connectivity index (χ4v) is 11.6. The summed E-state index contributed by atoms with van der Waals surface area (Å²) in [6, 6.07) is 2.36. The summed E-state index contributed by atoms with van der Waals surface area (Å²) in [5.41, 5.74) is -10.4. The van der Waals surface area contributed by atoms with E-state index >= 15 is 9.59 Å². The summed E-state index contributed by atoms with van der Waals surface area (Å²) >= 11 is 0. The predicted octanol–water partition coefficient (Wildman–Crippen LogP) is -2.65. The Balaban J connectivity index is 1.11. The first-order valence-electron chi connectivity index (χ1n) is 22.4. The van der Waals surface area contributed by atoms with E-state index in [1.807, 2.05) is 0 Å². The summed E-state index contributed by atoms with van der Waals surface area (Å²) in [7, 11) is 0. The number of carbonyl (C=O) groups excluding carboxylic acids is 5. The lowest BCUT2D eigenvalue weighted by Gasteiger charge is -2.62. The molecule has 2 spiro atoms. The van der Waals surface area contributed by atoms with Crippen LogP contribution in [0.2, 0.25) is 0 Å². The summed E-state index contributed by atoms with van der Waals surface area (Å²) in [5, 5.41) is 179. The minimum Gasteiger partial charge on any atom is -0.504 e. The molecule has 0 amide bonds. The van der Waals surface area contributed by atoms with E-state index in [1.54, 1.807) is 0 Å². The Kier molecular flexibility index (Phi) is 9.96. The fraction of sp³-hybridized carbons (Fsp3) is 0.370. The SMILES string of the molecule is O=C(O[C@@H]1O[C@@H]2COC(=O)c3cc(O)c(O)c(O)c3-c3c(cc(O)c(O)c3O)C(=O)O[C@@H]3[C@H]1OC(=O)c1cc(O)c(O)c4c1C1C5(CC6(O)OC7(OCC(O)C7O)C5OC1(O)C6(O)O4)C(=O)O[C@@H]32)c1cc(O)c(O)c(O)c1. The van der Waals surface area contributed by atoms with Crippen LogP contribution in [0.15, 0.2) is 30.3 Å². The number of hydrogen-bond donors (Lipinski definition) is 16. The van der Waals surface area contributed by atoms with Crippen LogP contribution in [0.25, 0.3) is 11.1 Å². The lowest BCUT2D eigenvalue weighted by molar-refractivity contribution is -0.490. The van der Waals surface area contributed by atoms with Crippen LogP contribution in [-0.2, 0) is 47.4 Å². The van der Waals surface area contributed by atoms with Crippen molar-refractivity contribution in [1.29, 1.82) is 0 Å². The number of phenolic OH excluding ortho intramolecular Hbond substituents is 11. The first-order valence-corrected chi connectivity index (χ1v) is 22.4. The highest BCUT2D eigenvalue weighted by atomic mass is 16.9.